The van der Waals surface area contributed by atoms with Gasteiger partial charge in [-0.2, -0.15) is 0 Å². The van der Waals surface area contributed by atoms with Crippen LogP contribution in [-0.2, 0) is 16.0 Å². The number of hydrogen-bond acceptors (Lipinski definition) is 5. The lowest BCUT2D eigenvalue weighted by atomic mass is 9.89. The predicted octanol–water partition coefficient (Wildman–Crippen LogP) is 4.19. The molecule has 2 fully saturated rings. The lowest BCUT2D eigenvalue weighted by Crippen LogP contribution is -2.41. The van der Waals surface area contributed by atoms with Crippen molar-refractivity contribution >= 4 is 23.2 Å². The molecule has 2 aromatic rings. The number of morpholine rings is 1. The summed E-state index contributed by atoms with van der Waals surface area (Å²) in [6.45, 7) is 12.1. The van der Waals surface area contributed by atoms with Gasteiger partial charge in [-0.15, -0.1) is 0 Å². The smallest absolute Gasteiger partial charge is 0.253 e. The van der Waals surface area contributed by atoms with Gasteiger partial charge < -0.3 is 20.3 Å². The molecule has 0 saturated carbocycles. The van der Waals surface area contributed by atoms with Crippen LogP contribution in [0.2, 0.25) is 0 Å². The van der Waals surface area contributed by atoms with Gasteiger partial charge in [0.15, 0.2) is 0 Å². The second kappa shape index (κ2) is 12.6. The fraction of sp³-hybridized carbons (Fsp3) is 0.533. The number of amides is 2. The van der Waals surface area contributed by atoms with Crippen LogP contribution in [0.5, 0.6) is 0 Å². The summed E-state index contributed by atoms with van der Waals surface area (Å²) < 4.78 is 5.42. The SMILES string of the molecule is CC(C)(C)C(=O)Nc1ccc(N2CCC(Cc3ccccc3)CC2)c(C(=O)NCCN2CCOCC2)c1. The molecule has 2 saturated heterocycles. The van der Waals surface area contributed by atoms with E-state index in [1.807, 2.05) is 39.0 Å². The summed E-state index contributed by atoms with van der Waals surface area (Å²) in [6.07, 6.45) is 3.28. The van der Waals surface area contributed by atoms with Crippen molar-refractivity contribution < 1.29 is 14.3 Å². The Morgan fingerprint density at radius 3 is 2.35 bits per heavy atom. The van der Waals surface area contributed by atoms with Gasteiger partial charge in [-0.25, -0.2) is 0 Å². The Labute approximate surface area is 221 Å². The summed E-state index contributed by atoms with van der Waals surface area (Å²) in [5, 5.41) is 6.11. The number of nitrogens with one attached hydrogen (secondary N) is 2. The van der Waals surface area contributed by atoms with E-state index in [0.717, 1.165) is 70.9 Å². The largest absolute Gasteiger partial charge is 0.379 e. The molecule has 0 spiro atoms. The summed E-state index contributed by atoms with van der Waals surface area (Å²) in [6, 6.07) is 16.4. The average Bonchev–Trinajstić information content (AvgIpc) is 2.90. The number of hydrogen-bond donors (Lipinski definition) is 2. The zero-order valence-electron chi connectivity index (χ0n) is 22.6. The molecule has 2 aliphatic heterocycles. The Kier molecular flexibility index (Phi) is 9.22. The third-order valence-corrected chi connectivity index (χ3v) is 7.32. The molecule has 0 aromatic heterocycles. The summed E-state index contributed by atoms with van der Waals surface area (Å²) in [5.74, 6) is 0.483. The van der Waals surface area contributed by atoms with E-state index >= 15 is 0 Å². The predicted molar refractivity (Wildman–Crippen MR) is 149 cm³/mol. The third kappa shape index (κ3) is 7.79. The molecule has 0 aliphatic carbocycles. The quantitative estimate of drug-likeness (QED) is 0.562. The van der Waals surface area contributed by atoms with Crippen molar-refractivity contribution in [3.05, 3.63) is 59.7 Å². The molecule has 2 heterocycles. The molecule has 2 aliphatic rings. The highest BCUT2D eigenvalue weighted by Gasteiger charge is 2.25. The molecule has 0 unspecified atom stereocenters. The number of benzene rings is 2. The Balaban J connectivity index is 1.44. The van der Waals surface area contributed by atoms with Crippen LogP contribution in [0.1, 0.15) is 49.5 Å². The number of rotatable bonds is 8. The van der Waals surface area contributed by atoms with E-state index in [1.54, 1.807) is 0 Å². The maximum atomic E-state index is 13.4. The lowest BCUT2D eigenvalue weighted by Gasteiger charge is -2.35. The molecule has 0 bridgehead atoms. The molecule has 37 heavy (non-hydrogen) atoms. The highest BCUT2D eigenvalue weighted by molar-refractivity contribution is 6.02. The number of anilines is 2. The summed E-state index contributed by atoms with van der Waals surface area (Å²) in [5.41, 5.74) is 3.09. The van der Waals surface area contributed by atoms with Gasteiger partial charge in [-0.05, 0) is 48.9 Å². The molecule has 2 aromatic carbocycles. The fourth-order valence-corrected chi connectivity index (χ4v) is 4.96. The molecular formula is C30H42N4O3. The van der Waals surface area contributed by atoms with Crippen molar-refractivity contribution in [3.63, 3.8) is 0 Å². The van der Waals surface area contributed by atoms with Crippen molar-refractivity contribution in [1.82, 2.24) is 10.2 Å². The topological polar surface area (TPSA) is 73.9 Å². The molecule has 7 nitrogen and oxygen atoms in total. The molecule has 200 valence electrons. The van der Waals surface area contributed by atoms with Crippen LogP contribution < -0.4 is 15.5 Å². The van der Waals surface area contributed by atoms with Crippen LogP contribution in [0, 0.1) is 11.3 Å². The first kappa shape index (κ1) is 27.1. The van der Waals surface area contributed by atoms with Crippen LogP contribution in [-0.4, -0.2) is 69.2 Å². The van der Waals surface area contributed by atoms with Gasteiger partial charge in [0.1, 0.15) is 0 Å². The van der Waals surface area contributed by atoms with E-state index in [2.05, 4.69) is 50.8 Å². The molecule has 0 atom stereocenters. The maximum Gasteiger partial charge on any atom is 0.253 e. The molecule has 4 rings (SSSR count). The van der Waals surface area contributed by atoms with Gasteiger partial charge >= 0.3 is 0 Å². The van der Waals surface area contributed by atoms with Crippen LogP contribution in [0.4, 0.5) is 11.4 Å². The first-order valence-corrected chi connectivity index (χ1v) is 13.6. The number of nitrogens with zero attached hydrogens (tertiary/aromatic N) is 2. The molecule has 2 amide bonds. The van der Waals surface area contributed by atoms with Crippen molar-refractivity contribution in [1.29, 1.82) is 0 Å². The normalized spacial score (nSPS) is 17.4. The van der Waals surface area contributed by atoms with Crippen molar-refractivity contribution in [2.75, 3.05) is 62.7 Å². The molecule has 2 N–H and O–H groups in total. The van der Waals surface area contributed by atoms with Gasteiger partial charge in [0.25, 0.3) is 5.91 Å². The first-order chi connectivity index (χ1) is 17.8. The minimum Gasteiger partial charge on any atom is -0.379 e. The summed E-state index contributed by atoms with van der Waals surface area (Å²) in [7, 11) is 0. The highest BCUT2D eigenvalue weighted by Crippen LogP contribution is 2.30. The van der Waals surface area contributed by atoms with Crippen molar-refractivity contribution in [2.24, 2.45) is 11.3 Å². The second-order valence-corrected chi connectivity index (χ2v) is 11.3. The third-order valence-electron chi connectivity index (χ3n) is 7.32. The van der Waals surface area contributed by atoms with Crippen LogP contribution in [0.3, 0.4) is 0 Å². The van der Waals surface area contributed by atoms with Crippen molar-refractivity contribution in [2.45, 2.75) is 40.0 Å². The van der Waals surface area contributed by atoms with Gasteiger partial charge in [-0.1, -0.05) is 51.1 Å². The Hall–Kier alpha value is -2.90. The minimum absolute atomic E-state index is 0.0688. The van der Waals surface area contributed by atoms with E-state index in [1.165, 1.54) is 5.56 Å². The maximum absolute atomic E-state index is 13.4. The fourth-order valence-electron chi connectivity index (χ4n) is 4.96. The average molecular weight is 507 g/mol. The highest BCUT2D eigenvalue weighted by atomic mass is 16.5. The van der Waals surface area contributed by atoms with E-state index in [0.29, 0.717) is 23.7 Å². The van der Waals surface area contributed by atoms with Gasteiger partial charge in [0, 0.05) is 56.1 Å². The zero-order chi connectivity index (χ0) is 26.3. The molecule has 7 heteroatoms. The minimum atomic E-state index is -0.514. The van der Waals surface area contributed by atoms with Crippen LogP contribution >= 0.6 is 0 Å². The van der Waals surface area contributed by atoms with E-state index < -0.39 is 5.41 Å². The number of carbonyl (C=O) groups excluding carboxylic acids is 2. The molecular weight excluding hydrogens is 464 g/mol. The summed E-state index contributed by atoms with van der Waals surface area (Å²) >= 11 is 0. The number of carbonyl (C=O) groups is 2. The Morgan fingerprint density at radius 2 is 1.68 bits per heavy atom. The number of piperidine rings is 1. The molecule has 0 radical (unpaired) electrons. The second-order valence-electron chi connectivity index (χ2n) is 11.3. The van der Waals surface area contributed by atoms with E-state index in [4.69, 9.17) is 4.74 Å². The first-order valence-electron chi connectivity index (χ1n) is 13.6. The van der Waals surface area contributed by atoms with E-state index in [9.17, 15) is 9.59 Å². The zero-order valence-corrected chi connectivity index (χ0v) is 22.6. The Morgan fingerprint density at radius 1 is 0.973 bits per heavy atom. The standard InChI is InChI=1S/C30H42N4O3/c1-30(2,3)29(36)32-25-9-10-27(26(22-25)28(35)31-13-16-33-17-19-37-20-18-33)34-14-11-24(12-15-34)21-23-7-5-4-6-8-23/h4-10,22,24H,11-21H2,1-3H3,(H,31,35)(H,32,36). The van der Waals surface area contributed by atoms with E-state index in [-0.39, 0.29) is 11.8 Å². The number of ether oxygens (including phenoxy) is 1. The Bertz CT molecular complexity index is 1040. The summed E-state index contributed by atoms with van der Waals surface area (Å²) in [4.78, 5) is 30.6. The monoisotopic (exact) mass is 506 g/mol. The van der Waals surface area contributed by atoms with Crippen LogP contribution in [0.25, 0.3) is 0 Å². The van der Waals surface area contributed by atoms with Gasteiger partial charge in [-0.3, -0.25) is 14.5 Å². The van der Waals surface area contributed by atoms with Gasteiger partial charge in [0.2, 0.25) is 5.91 Å². The van der Waals surface area contributed by atoms with Gasteiger partial charge in [0.05, 0.1) is 18.8 Å². The van der Waals surface area contributed by atoms with Crippen LogP contribution in [0.15, 0.2) is 48.5 Å². The lowest BCUT2D eigenvalue weighted by molar-refractivity contribution is -0.123. The van der Waals surface area contributed by atoms with Crippen molar-refractivity contribution in [3.8, 4) is 0 Å².